The molecule has 0 radical (unpaired) electrons. The molecule has 1 N–H and O–H groups in total. The first-order valence-electron chi connectivity index (χ1n) is 9.33. The van der Waals surface area contributed by atoms with Gasteiger partial charge in [-0.05, 0) is 38.0 Å². The Morgan fingerprint density at radius 3 is 2.78 bits per heavy atom. The smallest absolute Gasteiger partial charge is 0.275 e. The molecule has 4 rings (SSSR count). The number of nitrogens with zero attached hydrogens (tertiary/aromatic N) is 4. The van der Waals surface area contributed by atoms with Gasteiger partial charge in [0.2, 0.25) is 5.88 Å². The molecule has 0 bridgehead atoms. The highest BCUT2D eigenvalue weighted by molar-refractivity contribution is 6.03. The lowest BCUT2D eigenvalue weighted by atomic mass is 9.96. The van der Waals surface area contributed by atoms with Crippen molar-refractivity contribution in [2.75, 3.05) is 12.4 Å². The molecule has 3 aromatic heterocycles. The number of pyridine rings is 2. The molecule has 0 saturated heterocycles. The van der Waals surface area contributed by atoms with Crippen molar-refractivity contribution >= 4 is 22.6 Å². The summed E-state index contributed by atoms with van der Waals surface area (Å²) in [6, 6.07) is 7.59. The molecular formula is C20H23N5O2. The van der Waals surface area contributed by atoms with Crippen LogP contribution in [0.25, 0.3) is 10.9 Å². The van der Waals surface area contributed by atoms with Crippen molar-refractivity contribution in [3.05, 3.63) is 41.9 Å². The van der Waals surface area contributed by atoms with Crippen LogP contribution in [0.4, 0.5) is 5.82 Å². The van der Waals surface area contributed by atoms with Gasteiger partial charge in [-0.2, -0.15) is 10.1 Å². The number of rotatable bonds is 4. The van der Waals surface area contributed by atoms with Crippen molar-refractivity contribution in [1.29, 1.82) is 0 Å². The monoisotopic (exact) mass is 365 g/mol. The van der Waals surface area contributed by atoms with Crippen LogP contribution in [-0.2, 0) is 0 Å². The summed E-state index contributed by atoms with van der Waals surface area (Å²) in [5.41, 5.74) is 1.86. The predicted molar refractivity (Wildman–Crippen MR) is 103 cm³/mol. The molecule has 1 aliphatic carbocycles. The van der Waals surface area contributed by atoms with E-state index in [-0.39, 0.29) is 5.91 Å². The van der Waals surface area contributed by atoms with E-state index in [0.717, 1.165) is 29.4 Å². The van der Waals surface area contributed by atoms with Crippen LogP contribution < -0.4 is 10.1 Å². The number of carbonyl (C=O) groups is 1. The molecule has 1 fully saturated rings. The first-order chi connectivity index (χ1) is 13.1. The molecule has 0 aromatic carbocycles. The van der Waals surface area contributed by atoms with E-state index >= 15 is 0 Å². The predicted octanol–water partition coefficient (Wildman–Crippen LogP) is 3.90. The van der Waals surface area contributed by atoms with Gasteiger partial charge >= 0.3 is 0 Å². The Kier molecular flexibility index (Phi) is 4.75. The van der Waals surface area contributed by atoms with Crippen molar-refractivity contribution in [2.45, 2.75) is 45.1 Å². The molecular weight excluding hydrogens is 342 g/mol. The molecule has 3 heterocycles. The van der Waals surface area contributed by atoms with Gasteiger partial charge in [-0.25, -0.2) is 4.98 Å². The number of hydrogen-bond acceptors (Lipinski definition) is 5. The number of ether oxygens (including phenoxy) is 1. The summed E-state index contributed by atoms with van der Waals surface area (Å²) in [4.78, 5) is 21.1. The molecule has 7 heteroatoms. The highest BCUT2D eigenvalue weighted by atomic mass is 16.5. The Balaban J connectivity index is 1.64. The SMILES string of the molecule is COc1nc(NC(=O)c2cccc(C)n2)cc2cn(C3CCCCC3)nc12. The first-order valence-corrected chi connectivity index (χ1v) is 9.33. The van der Waals surface area contributed by atoms with E-state index < -0.39 is 0 Å². The topological polar surface area (TPSA) is 81.9 Å². The number of hydrogen-bond donors (Lipinski definition) is 1. The largest absolute Gasteiger partial charge is 0.479 e. The van der Waals surface area contributed by atoms with Crippen molar-refractivity contribution in [3.63, 3.8) is 0 Å². The number of methoxy groups -OCH3 is 1. The van der Waals surface area contributed by atoms with Gasteiger partial charge in [-0.15, -0.1) is 0 Å². The van der Waals surface area contributed by atoms with Crippen LogP contribution >= 0.6 is 0 Å². The zero-order valence-electron chi connectivity index (χ0n) is 15.6. The number of amides is 1. The minimum absolute atomic E-state index is 0.299. The minimum Gasteiger partial charge on any atom is -0.479 e. The number of nitrogens with one attached hydrogen (secondary N) is 1. The fraction of sp³-hybridized carbons (Fsp3) is 0.400. The summed E-state index contributed by atoms with van der Waals surface area (Å²) < 4.78 is 7.45. The normalized spacial score (nSPS) is 15.0. The van der Waals surface area contributed by atoms with Crippen LogP contribution in [0.3, 0.4) is 0 Å². The minimum atomic E-state index is -0.299. The van der Waals surface area contributed by atoms with Gasteiger partial charge in [-0.1, -0.05) is 25.3 Å². The van der Waals surface area contributed by atoms with E-state index in [4.69, 9.17) is 9.84 Å². The van der Waals surface area contributed by atoms with E-state index in [0.29, 0.717) is 23.4 Å². The number of carbonyl (C=O) groups excluding carboxylic acids is 1. The van der Waals surface area contributed by atoms with Crippen LogP contribution in [0.15, 0.2) is 30.5 Å². The average Bonchev–Trinajstić information content (AvgIpc) is 3.12. The molecule has 0 atom stereocenters. The van der Waals surface area contributed by atoms with Crippen LogP contribution in [0.1, 0.15) is 54.3 Å². The van der Waals surface area contributed by atoms with Gasteiger partial charge in [0.25, 0.3) is 5.91 Å². The molecule has 1 saturated carbocycles. The second-order valence-electron chi connectivity index (χ2n) is 6.97. The lowest BCUT2D eigenvalue weighted by Gasteiger charge is -2.21. The Morgan fingerprint density at radius 2 is 2.04 bits per heavy atom. The second kappa shape index (κ2) is 7.34. The summed E-state index contributed by atoms with van der Waals surface area (Å²) in [5.74, 6) is 0.540. The van der Waals surface area contributed by atoms with Crippen LogP contribution in [0.5, 0.6) is 5.88 Å². The highest BCUT2D eigenvalue weighted by Crippen LogP contribution is 2.31. The zero-order valence-corrected chi connectivity index (χ0v) is 15.6. The average molecular weight is 365 g/mol. The third-order valence-corrected chi connectivity index (χ3v) is 4.98. The quantitative estimate of drug-likeness (QED) is 0.758. The molecule has 1 amide bonds. The molecule has 3 aromatic rings. The van der Waals surface area contributed by atoms with E-state index in [9.17, 15) is 4.79 Å². The van der Waals surface area contributed by atoms with Crippen LogP contribution in [0, 0.1) is 6.92 Å². The Morgan fingerprint density at radius 1 is 1.22 bits per heavy atom. The van der Waals surface area contributed by atoms with E-state index in [1.54, 1.807) is 13.2 Å². The second-order valence-corrected chi connectivity index (χ2v) is 6.97. The van der Waals surface area contributed by atoms with Crippen LogP contribution in [0.2, 0.25) is 0 Å². The number of anilines is 1. The van der Waals surface area contributed by atoms with Gasteiger partial charge in [-0.3, -0.25) is 9.48 Å². The summed E-state index contributed by atoms with van der Waals surface area (Å²) in [6.45, 7) is 1.85. The number of aromatic nitrogens is 4. The Bertz CT molecular complexity index is 976. The van der Waals surface area contributed by atoms with Gasteiger partial charge in [0.1, 0.15) is 11.5 Å². The molecule has 0 aliphatic heterocycles. The van der Waals surface area contributed by atoms with Crippen LogP contribution in [-0.4, -0.2) is 32.8 Å². The maximum absolute atomic E-state index is 12.5. The fourth-order valence-corrected chi connectivity index (χ4v) is 3.61. The molecule has 27 heavy (non-hydrogen) atoms. The van der Waals surface area contributed by atoms with E-state index in [1.807, 2.05) is 36.0 Å². The van der Waals surface area contributed by atoms with Gasteiger partial charge in [0.05, 0.1) is 13.2 Å². The third kappa shape index (κ3) is 3.63. The fourth-order valence-electron chi connectivity index (χ4n) is 3.61. The van der Waals surface area contributed by atoms with Crippen molar-refractivity contribution in [3.8, 4) is 5.88 Å². The van der Waals surface area contributed by atoms with Crippen molar-refractivity contribution < 1.29 is 9.53 Å². The lowest BCUT2D eigenvalue weighted by Crippen LogP contribution is -2.15. The zero-order chi connectivity index (χ0) is 18.8. The summed E-state index contributed by atoms with van der Waals surface area (Å²) in [5, 5.41) is 8.42. The number of fused-ring (bicyclic) bond motifs is 1. The maximum Gasteiger partial charge on any atom is 0.275 e. The third-order valence-electron chi connectivity index (χ3n) is 4.98. The standard InChI is InChI=1S/C20H23N5O2/c1-13-7-6-10-16(21-13)19(26)22-17-11-14-12-25(15-8-4-3-5-9-15)24-18(14)20(23-17)27-2/h6-7,10-12,15H,3-5,8-9H2,1-2H3,(H,22,26). The highest BCUT2D eigenvalue weighted by Gasteiger charge is 2.19. The molecule has 0 unspecified atom stereocenters. The van der Waals surface area contributed by atoms with Crippen molar-refractivity contribution in [1.82, 2.24) is 19.7 Å². The molecule has 7 nitrogen and oxygen atoms in total. The van der Waals surface area contributed by atoms with E-state index in [1.165, 1.54) is 19.3 Å². The van der Waals surface area contributed by atoms with Gasteiger partial charge in [0, 0.05) is 17.3 Å². The Labute approximate surface area is 157 Å². The van der Waals surface area contributed by atoms with Gasteiger partial charge < -0.3 is 10.1 Å². The first kappa shape index (κ1) is 17.5. The molecule has 1 aliphatic rings. The summed E-state index contributed by atoms with van der Waals surface area (Å²) in [6.07, 6.45) is 8.09. The van der Waals surface area contributed by atoms with Crippen molar-refractivity contribution in [2.24, 2.45) is 0 Å². The summed E-state index contributed by atoms with van der Waals surface area (Å²) in [7, 11) is 1.56. The lowest BCUT2D eigenvalue weighted by molar-refractivity contribution is 0.102. The molecule has 0 spiro atoms. The summed E-state index contributed by atoms with van der Waals surface area (Å²) >= 11 is 0. The van der Waals surface area contributed by atoms with Gasteiger partial charge in [0.15, 0.2) is 5.52 Å². The Hall–Kier alpha value is -2.96. The maximum atomic E-state index is 12.5. The number of aryl methyl sites for hydroxylation is 1. The van der Waals surface area contributed by atoms with E-state index in [2.05, 4.69) is 15.3 Å². The molecule has 140 valence electrons.